The Morgan fingerprint density at radius 2 is 1.97 bits per heavy atom. The standard InChI is InChI=1S/C28H25F2N3O4S/c29-19-8-17(16-7-14-3-1-2-4-22(14)38-12-18(16)24(19)30)20-9-21(35)26(36)25-27(37)32-13-28(10-15(28)11-34)6-5-23(32)31-33(20)25/h1-4,8-9,15,23,31,34,36H,5-7,10-13H2/t15?,23-,28?/m0/s1. The third-order valence-corrected chi connectivity index (χ3v) is 9.85. The molecule has 38 heavy (non-hydrogen) atoms. The van der Waals surface area contributed by atoms with Crippen LogP contribution in [-0.2, 0) is 12.2 Å². The lowest BCUT2D eigenvalue weighted by Crippen LogP contribution is -2.58. The van der Waals surface area contributed by atoms with Crippen molar-refractivity contribution in [1.82, 2.24) is 9.58 Å². The van der Waals surface area contributed by atoms with Crippen LogP contribution in [0.2, 0.25) is 0 Å². The molecule has 1 saturated carbocycles. The average Bonchev–Trinajstić information content (AvgIpc) is 3.64. The van der Waals surface area contributed by atoms with E-state index in [1.807, 2.05) is 24.3 Å². The maximum Gasteiger partial charge on any atom is 0.278 e. The number of halogens is 2. The first-order chi connectivity index (χ1) is 18.3. The first kappa shape index (κ1) is 23.7. The van der Waals surface area contributed by atoms with Gasteiger partial charge in [-0.3, -0.25) is 9.59 Å². The van der Waals surface area contributed by atoms with Crippen LogP contribution in [0.25, 0.3) is 11.3 Å². The van der Waals surface area contributed by atoms with Crippen molar-refractivity contribution in [2.75, 3.05) is 18.6 Å². The number of hydrogen-bond acceptors (Lipinski definition) is 6. The molecule has 1 saturated heterocycles. The minimum Gasteiger partial charge on any atom is -0.502 e. The fourth-order valence-electron chi connectivity index (χ4n) is 6.49. The van der Waals surface area contributed by atoms with Gasteiger partial charge in [0.25, 0.3) is 5.91 Å². The monoisotopic (exact) mass is 537 g/mol. The van der Waals surface area contributed by atoms with Crippen molar-refractivity contribution in [2.45, 2.75) is 42.5 Å². The van der Waals surface area contributed by atoms with Crippen molar-refractivity contribution in [3.05, 3.63) is 80.6 Å². The van der Waals surface area contributed by atoms with Crippen LogP contribution in [0.15, 0.2) is 46.1 Å². The number of piperidine rings is 1. The molecule has 0 bridgehead atoms. The summed E-state index contributed by atoms with van der Waals surface area (Å²) in [6, 6.07) is 9.93. The van der Waals surface area contributed by atoms with Gasteiger partial charge in [0.1, 0.15) is 6.17 Å². The lowest BCUT2D eigenvalue weighted by molar-refractivity contribution is 0.0422. The maximum atomic E-state index is 15.1. The quantitative estimate of drug-likeness (QED) is 0.460. The number of benzene rings is 2. The molecule has 1 amide bonds. The molecule has 196 valence electrons. The highest BCUT2D eigenvalue weighted by atomic mass is 32.2. The Morgan fingerprint density at radius 3 is 2.76 bits per heavy atom. The van der Waals surface area contributed by atoms with Gasteiger partial charge in [-0.2, -0.15) is 0 Å². The fourth-order valence-corrected chi connectivity index (χ4v) is 7.59. The van der Waals surface area contributed by atoms with Gasteiger partial charge >= 0.3 is 0 Å². The third-order valence-electron chi connectivity index (χ3n) is 8.71. The minimum atomic E-state index is -1.03. The Kier molecular flexibility index (Phi) is 5.19. The number of thioether (sulfide) groups is 1. The number of nitrogens with one attached hydrogen (secondary N) is 1. The van der Waals surface area contributed by atoms with Crippen LogP contribution in [0.4, 0.5) is 8.78 Å². The number of carbonyl (C=O) groups excluding carboxylic acids is 1. The highest BCUT2D eigenvalue weighted by Crippen LogP contribution is 2.58. The molecule has 3 atom stereocenters. The van der Waals surface area contributed by atoms with Gasteiger partial charge in [-0.1, -0.05) is 18.2 Å². The van der Waals surface area contributed by atoms with E-state index in [4.69, 9.17) is 0 Å². The molecular formula is C28H25F2N3O4S. The molecule has 3 aromatic rings. The molecule has 4 heterocycles. The van der Waals surface area contributed by atoms with Gasteiger partial charge in [0.2, 0.25) is 5.43 Å². The number of amides is 1. The molecule has 2 unspecified atom stereocenters. The number of nitrogens with zero attached hydrogens (tertiary/aromatic N) is 2. The molecule has 0 radical (unpaired) electrons. The van der Waals surface area contributed by atoms with Crippen molar-refractivity contribution in [2.24, 2.45) is 11.3 Å². The summed E-state index contributed by atoms with van der Waals surface area (Å²) < 4.78 is 31.5. The lowest BCUT2D eigenvalue weighted by Gasteiger charge is -2.45. The first-order valence-electron chi connectivity index (χ1n) is 12.7. The molecule has 2 aromatic carbocycles. The number of fused-ring (bicyclic) bond motifs is 4. The van der Waals surface area contributed by atoms with Crippen LogP contribution in [0.1, 0.15) is 46.4 Å². The first-order valence-corrected chi connectivity index (χ1v) is 13.7. The number of hydrogen-bond donors (Lipinski definition) is 3. The number of carbonyl (C=O) groups is 1. The molecule has 1 aromatic heterocycles. The SMILES string of the molecule is O=C1c2c(O)c(=O)cc(-c3cc(F)c(F)c4c3Cc3ccccc3SC4)n2N[C@@H]2CCC3(CC3CO)CN12. The van der Waals surface area contributed by atoms with E-state index in [2.05, 4.69) is 5.43 Å². The molecule has 7 rings (SSSR count). The second-order valence-electron chi connectivity index (χ2n) is 10.7. The summed E-state index contributed by atoms with van der Waals surface area (Å²) in [6.07, 6.45) is 2.20. The van der Waals surface area contributed by atoms with Crippen molar-refractivity contribution in [3.8, 4) is 17.0 Å². The third kappa shape index (κ3) is 3.36. The number of rotatable bonds is 2. The normalized spacial score (nSPS) is 25.1. The summed E-state index contributed by atoms with van der Waals surface area (Å²) in [4.78, 5) is 29.3. The van der Waals surface area contributed by atoms with E-state index in [0.717, 1.165) is 29.4 Å². The molecule has 3 aliphatic heterocycles. The number of pyridine rings is 1. The Morgan fingerprint density at radius 1 is 1.16 bits per heavy atom. The Hall–Kier alpha value is -3.37. The number of aliphatic hydroxyl groups excluding tert-OH is 1. The van der Waals surface area contributed by atoms with E-state index in [1.54, 1.807) is 4.90 Å². The number of aromatic nitrogens is 1. The maximum absolute atomic E-state index is 15.1. The van der Waals surface area contributed by atoms with Crippen LogP contribution in [-0.4, -0.2) is 45.0 Å². The molecule has 4 aliphatic rings. The highest BCUT2D eigenvalue weighted by molar-refractivity contribution is 7.98. The van der Waals surface area contributed by atoms with E-state index in [9.17, 15) is 24.2 Å². The Bertz CT molecular complexity index is 1590. The Balaban J connectivity index is 1.40. The smallest absolute Gasteiger partial charge is 0.278 e. The van der Waals surface area contributed by atoms with Crippen molar-refractivity contribution in [1.29, 1.82) is 0 Å². The zero-order valence-corrected chi connectivity index (χ0v) is 21.2. The van der Waals surface area contributed by atoms with E-state index in [0.29, 0.717) is 30.5 Å². The van der Waals surface area contributed by atoms with Crippen LogP contribution >= 0.6 is 11.8 Å². The molecule has 1 spiro atoms. The number of aromatic hydroxyl groups is 1. The van der Waals surface area contributed by atoms with Gasteiger partial charge in [0.15, 0.2) is 23.1 Å². The van der Waals surface area contributed by atoms with Gasteiger partial charge in [-0.25, -0.2) is 13.5 Å². The van der Waals surface area contributed by atoms with Crippen LogP contribution < -0.4 is 10.9 Å². The topological polar surface area (TPSA) is 94.8 Å². The predicted octanol–water partition coefficient (Wildman–Crippen LogP) is 3.81. The second kappa shape index (κ2) is 8.31. The molecule has 1 aliphatic carbocycles. The molecule has 7 nitrogen and oxygen atoms in total. The zero-order chi connectivity index (χ0) is 26.3. The fraction of sp³-hybridized carbons (Fsp3) is 0.357. The second-order valence-corrected chi connectivity index (χ2v) is 11.8. The van der Waals surface area contributed by atoms with Crippen molar-refractivity contribution >= 4 is 17.7 Å². The van der Waals surface area contributed by atoms with Crippen LogP contribution in [0.3, 0.4) is 0 Å². The Labute approximate surface area is 221 Å². The molecular weight excluding hydrogens is 512 g/mol. The molecule has 2 fully saturated rings. The molecule has 10 heteroatoms. The summed E-state index contributed by atoms with van der Waals surface area (Å²) >= 11 is 1.43. The summed E-state index contributed by atoms with van der Waals surface area (Å²) in [5.41, 5.74) is 4.39. The highest BCUT2D eigenvalue weighted by Gasteiger charge is 2.58. The summed E-state index contributed by atoms with van der Waals surface area (Å²) in [5, 5.41) is 20.4. The van der Waals surface area contributed by atoms with E-state index >= 15 is 4.39 Å². The summed E-state index contributed by atoms with van der Waals surface area (Å²) in [5.74, 6) is -2.78. The van der Waals surface area contributed by atoms with Gasteiger partial charge in [0, 0.05) is 41.0 Å². The van der Waals surface area contributed by atoms with E-state index in [1.165, 1.54) is 22.5 Å². The lowest BCUT2D eigenvalue weighted by atomic mass is 9.89. The number of aliphatic hydroxyl groups is 1. The van der Waals surface area contributed by atoms with Gasteiger partial charge in [-0.05, 0) is 60.3 Å². The van der Waals surface area contributed by atoms with Gasteiger partial charge in [-0.15, -0.1) is 11.8 Å². The van der Waals surface area contributed by atoms with E-state index < -0.39 is 34.9 Å². The van der Waals surface area contributed by atoms with Gasteiger partial charge in [0.05, 0.1) is 5.69 Å². The minimum absolute atomic E-state index is 0.0637. The largest absolute Gasteiger partial charge is 0.502 e. The summed E-state index contributed by atoms with van der Waals surface area (Å²) in [6.45, 7) is 0.482. The van der Waals surface area contributed by atoms with Crippen molar-refractivity contribution < 1.29 is 23.8 Å². The van der Waals surface area contributed by atoms with Crippen molar-refractivity contribution in [3.63, 3.8) is 0 Å². The van der Waals surface area contributed by atoms with Crippen LogP contribution in [0, 0.1) is 23.0 Å². The molecule has 3 N–H and O–H groups in total. The average molecular weight is 538 g/mol. The summed E-state index contributed by atoms with van der Waals surface area (Å²) in [7, 11) is 0. The predicted molar refractivity (Wildman–Crippen MR) is 138 cm³/mol. The van der Waals surface area contributed by atoms with Gasteiger partial charge < -0.3 is 20.5 Å². The zero-order valence-electron chi connectivity index (χ0n) is 20.3. The van der Waals surface area contributed by atoms with Crippen LogP contribution in [0.5, 0.6) is 5.75 Å². The van der Waals surface area contributed by atoms with E-state index in [-0.39, 0.29) is 40.6 Å².